The average Bonchev–Trinajstić information content (AvgIpc) is 3.36. The summed E-state index contributed by atoms with van der Waals surface area (Å²) in [6.45, 7) is 0. The number of aromatic amines is 1. The summed E-state index contributed by atoms with van der Waals surface area (Å²) >= 11 is 0. The highest BCUT2D eigenvalue weighted by molar-refractivity contribution is 6.11. The van der Waals surface area contributed by atoms with E-state index in [2.05, 4.69) is 19.9 Å². The van der Waals surface area contributed by atoms with Crippen LogP contribution in [0, 0.1) is 0 Å². The molecule has 4 aromatic rings. The third kappa shape index (κ3) is 3.21. The van der Waals surface area contributed by atoms with E-state index in [0.717, 1.165) is 22.3 Å². The molecule has 0 unspecified atom stereocenters. The van der Waals surface area contributed by atoms with Crippen molar-refractivity contribution < 1.29 is 4.79 Å². The topological polar surface area (TPSA) is 102 Å². The summed E-state index contributed by atoms with van der Waals surface area (Å²) in [7, 11) is 1.79. The molecule has 0 aliphatic heterocycles. The standard InChI is InChI=1S/C21H18N6O/c1-27-11-10-24-20(27)19(22)26-21(28)18-17(14-6-3-2-4-7-14)16(13-25-18)15-8-5-9-23-12-15/h2-13,25H,1H3,(H2,22,26,28). The lowest BCUT2D eigenvalue weighted by Crippen LogP contribution is -2.20. The van der Waals surface area contributed by atoms with Crippen LogP contribution in [0.4, 0.5) is 0 Å². The molecule has 1 amide bonds. The van der Waals surface area contributed by atoms with Crippen molar-refractivity contribution >= 4 is 11.7 Å². The van der Waals surface area contributed by atoms with E-state index >= 15 is 0 Å². The monoisotopic (exact) mass is 370 g/mol. The van der Waals surface area contributed by atoms with Gasteiger partial charge in [0.25, 0.3) is 5.91 Å². The lowest BCUT2D eigenvalue weighted by Gasteiger charge is -2.07. The van der Waals surface area contributed by atoms with E-state index in [1.54, 1.807) is 42.6 Å². The highest BCUT2D eigenvalue weighted by Crippen LogP contribution is 2.35. The zero-order valence-corrected chi connectivity index (χ0v) is 15.2. The first kappa shape index (κ1) is 17.4. The van der Waals surface area contributed by atoms with Crippen molar-refractivity contribution in [1.29, 1.82) is 0 Å². The minimum atomic E-state index is -0.463. The van der Waals surface area contributed by atoms with E-state index in [1.165, 1.54) is 0 Å². The number of hydrogen-bond donors (Lipinski definition) is 2. The molecule has 3 heterocycles. The van der Waals surface area contributed by atoms with Gasteiger partial charge >= 0.3 is 0 Å². The van der Waals surface area contributed by atoms with E-state index in [9.17, 15) is 4.79 Å². The minimum absolute atomic E-state index is 0.0639. The number of aromatic nitrogens is 4. The third-order valence-electron chi connectivity index (χ3n) is 4.40. The summed E-state index contributed by atoms with van der Waals surface area (Å²) in [5.74, 6) is 0.0391. The number of aryl methyl sites for hydroxylation is 1. The molecule has 0 fully saturated rings. The SMILES string of the molecule is Cn1ccnc1C(N)=NC(=O)c1[nH]cc(-c2cccnc2)c1-c1ccccc1. The van der Waals surface area contributed by atoms with Crippen molar-refractivity contribution in [3.8, 4) is 22.3 Å². The maximum atomic E-state index is 12.9. The van der Waals surface area contributed by atoms with Gasteiger partial charge in [0.2, 0.25) is 0 Å². The molecular weight excluding hydrogens is 352 g/mol. The summed E-state index contributed by atoms with van der Waals surface area (Å²) < 4.78 is 1.71. The van der Waals surface area contributed by atoms with Gasteiger partial charge in [-0.3, -0.25) is 9.78 Å². The molecule has 0 aliphatic rings. The molecule has 0 saturated heterocycles. The van der Waals surface area contributed by atoms with Gasteiger partial charge in [0.15, 0.2) is 11.7 Å². The summed E-state index contributed by atoms with van der Waals surface area (Å²) in [6.07, 6.45) is 8.61. The van der Waals surface area contributed by atoms with Crippen LogP contribution in [-0.2, 0) is 7.05 Å². The van der Waals surface area contributed by atoms with Crippen LogP contribution in [0.15, 0.2) is 78.4 Å². The maximum Gasteiger partial charge on any atom is 0.296 e. The predicted molar refractivity (Wildman–Crippen MR) is 108 cm³/mol. The summed E-state index contributed by atoms with van der Waals surface area (Å²) in [6, 6.07) is 13.5. The molecule has 1 aromatic carbocycles. The molecule has 0 saturated carbocycles. The van der Waals surface area contributed by atoms with Gasteiger partial charge in [0, 0.05) is 54.7 Å². The molecule has 0 spiro atoms. The van der Waals surface area contributed by atoms with Crippen LogP contribution in [0.3, 0.4) is 0 Å². The number of imidazole rings is 1. The first-order valence-electron chi connectivity index (χ1n) is 8.68. The van der Waals surface area contributed by atoms with Crippen molar-refractivity contribution in [3.63, 3.8) is 0 Å². The van der Waals surface area contributed by atoms with E-state index in [-0.39, 0.29) is 5.84 Å². The molecule has 0 atom stereocenters. The highest BCUT2D eigenvalue weighted by atomic mass is 16.1. The Morgan fingerprint density at radius 3 is 2.57 bits per heavy atom. The van der Waals surface area contributed by atoms with Crippen molar-refractivity contribution in [2.45, 2.75) is 0 Å². The van der Waals surface area contributed by atoms with Gasteiger partial charge in [-0.1, -0.05) is 36.4 Å². The normalized spacial score (nSPS) is 11.5. The van der Waals surface area contributed by atoms with Crippen LogP contribution < -0.4 is 5.73 Å². The number of carbonyl (C=O) groups is 1. The Morgan fingerprint density at radius 1 is 1.11 bits per heavy atom. The van der Waals surface area contributed by atoms with Gasteiger partial charge in [0.05, 0.1) is 0 Å². The molecule has 4 rings (SSSR count). The second kappa shape index (κ2) is 7.32. The Hall–Kier alpha value is -4.00. The predicted octanol–water partition coefficient (Wildman–Crippen LogP) is 3.02. The molecule has 0 bridgehead atoms. The first-order valence-corrected chi connectivity index (χ1v) is 8.68. The van der Waals surface area contributed by atoms with E-state index < -0.39 is 5.91 Å². The number of H-pyrrole nitrogens is 1. The Labute approximate surface area is 161 Å². The molecule has 3 aromatic heterocycles. The molecule has 28 heavy (non-hydrogen) atoms. The maximum absolute atomic E-state index is 12.9. The number of carbonyl (C=O) groups excluding carboxylic acids is 1. The number of aliphatic imine (C=N–C) groups is 1. The first-order chi connectivity index (χ1) is 13.6. The third-order valence-corrected chi connectivity index (χ3v) is 4.40. The van der Waals surface area contributed by atoms with Crippen molar-refractivity contribution in [3.05, 3.63) is 85.0 Å². The molecule has 3 N–H and O–H groups in total. The molecule has 7 heteroatoms. The molecule has 138 valence electrons. The number of pyridine rings is 1. The van der Waals surface area contributed by atoms with Crippen molar-refractivity contribution in [2.24, 2.45) is 17.8 Å². The second-order valence-electron chi connectivity index (χ2n) is 6.22. The van der Waals surface area contributed by atoms with Crippen LogP contribution in [-0.4, -0.2) is 31.3 Å². The number of nitrogens with zero attached hydrogens (tertiary/aromatic N) is 4. The molecular formula is C21H18N6O. The lowest BCUT2D eigenvalue weighted by molar-refractivity contribution is 0.0999. The zero-order valence-electron chi connectivity index (χ0n) is 15.2. The molecule has 7 nitrogen and oxygen atoms in total. The van der Waals surface area contributed by atoms with Crippen LogP contribution in [0.1, 0.15) is 16.3 Å². The van der Waals surface area contributed by atoms with Gasteiger partial charge in [0.1, 0.15) is 5.69 Å². The average molecular weight is 370 g/mol. The van der Waals surface area contributed by atoms with Gasteiger partial charge in [-0.2, -0.15) is 4.99 Å². The number of nitrogens with two attached hydrogens (primary N) is 1. The number of rotatable bonds is 4. The van der Waals surface area contributed by atoms with Crippen molar-refractivity contribution in [2.75, 3.05) is 0 Å². The summed E-state index contributed by atoms with van der Waals surface area (Å²) in [4.78, 5) is 28.4. The fourth-order valence-corrected chi connectivity index (χ4v) is 3.07. The van der Waals surface area contributed by atoms with Crippen molar-refractivity contribution in [1.82, 2.24) is 19.5 Å². The van der Waals surface area contributed by atoms with E-state index in [0.29, 0.717) is 11.5 Å². The van der Waals surface area contributed by atoms with E-state index in [4.69, 9.17) is 5.73 Å². The van der Waals surface area contributed by atoms with Crippen LogP contribution in [0.2, 0.25) is 0 Å². The number of nitrogens with one attached hydrogen (secondary N) is 1. The number of benzene rings is 1. The number of hydrogen-bond acceptors (Lipinski definition) is 3. The summed E-state index contributed by atoms with van der Waals surface area (Å²) in [5.41, 5.74) is 9.80. The largest absolute Gasteiger partial charge is 0.380 e. The van der Waals surface area contributed by atoms with Gasteiger partial charge in [-0.15, -0.1) is 0 Å². The smallest absolute Gasteiger partial charge is 0.296 e. The lowest BCUT2D eigenvalue weighted by atomic mass is 9.97. The Kier molecular flexibility index (Phi) is 4.55. The fourth-order valence-electron chi connectivity index (χ4n) is 3.07. The van der Waals surface area contributed by atoms with Crippen LogP contribution in [0.25, 0.3) is 22.3 Å². The Balaban J connectivity index is 1.83. The van der Waals surface area contributed by atoms with Crippen LogP contribution >= 0.6 is 0 Å². The van der Waals surface area contributed by atoms with E-state index in [1.807, 2.05) is 42.5 Å². The van der Waals surface area contributed by atoms with Gasteiger partial charge in [-0.25, -0.2) is 4.98 Å². The number of amides is 1. The second-order valence-corrected chi connectivity index (χ2v) is 6.22. The Morgan fingerprint density at radius 2 is 1.89 bits per heavy atom. The zero-order chi connectivity index (χ0) is 19.5. The minimum Gasteiger partial charge on any atom is -0.380 e. The quantitative estimate of drug-likeness (QED) is 0.426. The van der Waals surface area contributed by atoms with Gasteiger partial charge < -0.3 is 15.3 Å². The summed E-state index contributed by atoms with van der Waals surface area (Å²) in [5, 5.41) is 0. The number of amidine groups is 1. The van der Waals surface area contributed by atoms with Gasteiger partial charge in [-0.05, 0) is 11.6 Å². The fraction of sp³-hybridized carbons (Fsp3) is 0.0476. The highest BCUT2D eigenvalue weighted by Gasteiger charge is 2.20. The Bertz CT molecular complexity index is 1140. The van der Waals surface area contributed by atoms with Crippen LogP contribution in [0.5, 0.6) is 0 Å². The molecule has 0 aliphatic carbocycles. The molecule has 0 radical (unpaired) electrons.